The van der Waals surface area contributed by atoms with Crippen LogP contribution in [0.2, 0.25) is 0 Å². The van der Waals surface area contributed by atoms with Crippen LogP contribution < -0.4 is 10.9 Å². The molecule has 0 fully saturated rings. The summed E-state index contributed by atoms with van der Waals surface area (Å²) in [5.41, 5.74) is 1.80. The molecule has 0 unspecified atom stereocenters. The molecular formula is C22H25BrN4O2. The lowest BCUT2D eigenvalue weighted by Crippen LogP contribution is -2.30. The molecule has 0 aliphatic heterocycles. The number of hydrogen-bond acceptors (Lipinski definition) is 4. The van der Waals surface area contributed by atoms with E-state index in [2.05, 4.69) is 50.3 Å². The first-order chi connectivity index (χ1) is 14.0. The van der Waals surface area contributed by atoms with Crippen LogP contribution in [0.4, 0.5) is 0 Å². The zero-order chi connectivity index (χ0) is 20.6. The summed E-state index contributed by atoms with van der Waals surface area (Å²) >= 11 is 3.37. The summed E-state index contributed by atoms with van der Waals surface area (Å²) in [5, 5.41) is 3.47. The maximum atomic E-state index is 12.5. The van der Waals surface area contributed by atoms with E-state index in [0.29, 0.717) is 24.0 Å². The van der Waals surface area contributed by atoms with Gasteiger partial charge in [-0.3, -0.25) is 14.2 Å². The number of rotatable bonds is 9. The van der Waals surface area contributed by atoms with Crippen molar-refractivity contribution in [3.05, 3.63) is 75.2 Å². The first kappa shape index (κ1) is 21.2. The van der Waals surface area contributed by atoms with Gasteiger partial charge in [-0.25, -0.2) is 4.98 Å². The van der Waals surface area contributed by atoms with Crippen molar-refractivity contribution in [3.8, 4) is 0 Å². The zero-order valence-corrected chi connectivity index (χ0v) is 18.1. The summed E-state index contributed by atoms with van der Waals surface area (Å²) in [7, 11) is 2.08. The minimum absolute atomic E-state index is 0.0584. The third-order valence-corrected chi connectivity index (χ3v) is 5.19. The number of benzene rings is 2. The second-order valence-electron chi connectivity index (χ2n) is 7.08. The second-order valence-corrected chi connectivity index (χ2v) is 8.00. The number of amides is 1. The van der Waals surface area contributed by atoms with Gasteiger partial charge in [-0.2, -0.15) is 0 Å². The van der Waals surface area contributed by atoms with Gasteiger partial charge in [-0.05, 0) is 43.8 Å². The predicted octanol–water partition coefficient (Wildman–Crippen LogP) is 3.19. The van der Waals surface area contributed by atoms with Gasteiger partial charge in [0.1, 0.15) is 0 Å². The molecule has 0 saturated carbocycles. The predicted molar refractivity (Wildman–Crippen MR) is 119 cm³/mol. The Morgan fingerprint density at radius 3 is 2.79 bits per heavy atom. The Kier molecular flexibility index (Phi) is 7.55. The SMILES string of the molecule is CN(CCCNC(=O)CCn1cnc2ccc(Br)cc2c1=O)Cc1ccccc1. The van der Waals surface area contributed by atoms with Crippen molar-refractivity contribution >= 4 is 32.7 Å². The molecule has 29 heavy (non-hydrogen) atoms. The number of fused-ring (bicyclic) bond motifs is 1. The van der Waals surface area contributed by atoms with Crippen molar-refractivity contribution in [2.45, 2.75) is 25.9 Å². The Morgan fingerprint density at radius 1 is 1.21 bits per heavy atom. The molecule has 0 saturated heterocycles. The van der Waals surface area contributed by atoms with E-state index in [1.165, 1.54) is 16.5 Å². The summed E-state index contributed by atoms with van der Waals surface area (Å²) in [4.78, 5) is 31.2. The maximum absolute atomic E-state index is 12.5. The molecular weight excluding hydrogens is 432 g/mol. The van der Waals surface area contributed by atoms with Gasteiger partial charge in [-0.1, -0.05) is 46.3 Å². The van der Waals surface area contributed by atoms with Crippen LogP contribution >= 0.6 is 15.9 Å². The summed E-state index contributed by atoms with van der Waals surface area (Å²) in [5.74, 6) is -0.0584. The van der Waals surface area contributed by atoms with E-state index < -0.39 is 0 Å². The molecule has 1 aromatic heterocycles. The summed E-state index contributed by atoms with van der Waals surface area (Å²) in [6.45, 7) is 2.73. The van der Waals surface area contributed by atoms with Crippen LogP contribution in [0.15, 0.2) is 64.1 Å². The molecule has 0 spiro atoms. The van der Waals surface area contributed by atoms with Gasteiger partial charge in [0.2, 0.25) is 5.91 Å². The topological polar surface area (TPSA) is 67.2 Å². The average Bonchev–Trinajstić information content (AvgIpc) is 2.72. The highest BCUT2D eigenvalue weighted by Crippen LogP contribution is 2.14. The molecule has 0 atom stereocenters. The molecule has 0 aliphatic carbocycles. The molecule has 0 bridgehead atoms. The molecule has 6 nitrogen and oxygen atoms in total. The van der Waals surface area contributed by atoms with Crippen molar-refractivity contribution in [1.29, 1.82) is 0 Å². The van der Waals surface area contributed by atoms with Crippen molar-refractivity contribution in [2.75, 3.05) is 20.1 Å². The van der Waals surface area contributed by atoms with E-state index >= 15 is 0 Å². The number of nitrogens with one attached hydrogen (secondary N) is 1. The van der Waals surface area contributed by atoms with E-state index in [-0.39, 0.29) is 17.9 Å². The molecule has 2 aromatic carbocycles. The first-order valence-electron chi connectivity index (χ1n) is 9.67. The Balaban J connectivity index is 1.40. The van der Waals surface area contributed by atoms with Gasteiger partial charge in [0.25, 0.3) is 5.56 Å². The fraction of sp³-hybridized carbons (Fsp3) is 0.318. The van der Waals surface area contributed by atoms with Crippen LogP contribution in [-0.4, -0.2) is 40.5 Å². The standard InChI is InChI=1S/C22H25BrN4O2/c1-26(15-17-6-3-2-4-7-17)12-5-11-24-21(28)10-13-27-16-25-20-9-8-18(23)14-19(20)22(27)29/h2-4,6-9,14,16H,5,10-13,15H2,1H3,(H,24,28). The molecule has 1 heterocycles. The van der Waals surface area contributed by atoms with Crippen LogP contribution in [0.25, 0.3) is 10.9 Å². The van der Waals surface area contributed by atoms with E-state index in [1.54, 1.807) is 12.1 Å². The third-order valence-electron chi connectivity index (χ3n) is 4.70. The highest BCUT2D eigenvalue weighted by molar-refractivity contribution is 9.10. The van der Waals surface area contributed by atoms with Gasteiger partial charge in [0.15, 0.2) is 0 Å². The average molecular weight is 457 g/mol. The number of nitrogens with zero attached hydrogens (tertiary/aromatic N) is 3. The minimum atomic E-state index is -0.133. The Bertz CT molecular complexity index is 1020. The number of hydrogen-bond donors (Lipinski definition) is 1. The number of halogens is 1. The van der Waals surface area contributed by atoms with Crippen LogP contribution in [-0.2, 0) is 17.9 Å². The molecule has 3 rings (SSSR count). The van der Waals surface area contributed by atoms with Crippen molar-refractivity contribution in [2.24, 2.45) is 0 Å². The maximum Gasteiger partial charge on any atom is 0.261 e. The summed E-state index contributed by atoms with van der Waals surface area (Å²) in [6, 6.07) is 15.7. The van der Waals surface area contributed by atoms with E-state index in [1.807, 2.05) is 24.3 Å². The lowest BCUT2D eigenvalue weighted by molar-refractivity contribution is -0.121. The molecule has 0 radical (unpaired) electrons. The van der Waals surface area contributed by atoms with Gasteiger partial charge in [-0.15, -0.1) is 0 Å². The van der Waals surface area contributed by atoms with Crippen LogP contribution in [0.5, 0.6) is 0 Å². The summed E-state index contributed by atoms with van der Waals surface area (Å²) < 4.78 is 2.32. The number of carbonyl (C=O) groups excluding carboxylic acids is 1. The summed E-state index contributed by atoms with van der Waals surface area (Å²) in [6.07, 6.45) is 2.63. The highest BCUT2D eigenvalue weighted by atomic mass is 79.9. The normalized spacial score (nSPS) is 11.1. The minimum Gasteiger partial charge on any atom is -0.356 e. The van der Waals surface area contributed by atoms with Crippen molar-refractivity contribution < 1.29 is 4.79 Å². The molecule has 0 aliphatic rings. The smallest absolute Gasteiger partial charge is 0.261 e. The van der Waals surface area contributed by atoms with Crippen LogP contribution in [0.1, 0.15) is 18.4 Å². The van der Waals surface area contributed by atoms with E-state index in [9.17, 15) is 9.59 Å². The fourth-order valence-corrected chi connectivity index (χ4v) is 3.51. The number of aryl methyl sites for hydroxylation is 1. The number of carbonyl (C=O) groups is 1. The molecule has 1 amide bonds. The third kappa shape index (κ3) is 6.24. The van der Waals surface area contributed by atoms with Gasteiger partial charge >= 0.3 is 0 Å². The highest BCUT2D eigenvalue weighted by Gasteiger charge is 2.07. The number of aromatic nitrogens is 2. The molecule has 7 heteroatoms. The quantitative estimate of drug-likeness (QED) is 0.502. The van der Waals surface area contributed by atoms with Gasteiger partial charge in [0, 0.05) is 30.5 Å². The monoisotopic (exact) mass is 456 g/mol. The fourth-order valence-electron chi connectivity index (χ4n) is 3.15. The van der Waals surface area contributed by atoms with Crippen molar-refractivity contribution in [1.82, 2.24) is 19.8 Å². The Labute approximate surface area is 178 Å². The Morgan fingerprint density at radius 2 is 2.00 bits per heavy atom. The van der Waals surface area contributed by atoms with Gasteiger partial charge in [0.05, 0.1) is 17.2 Å². The lowest BCUT2D eigenvalue weighted by Gasteiger charge is -2.16. The zero-order valence-electron chi connectivity index (χ0n) is 16.5. The van der Waals surface area contributed by atoms with E-state index in [0.717, 1.165) is 24.0 Å². The molecule has 1 N–H and O–H groups in total. The molecule has 3 aromatic rings. The van der Waals surface area contributed by atoms with Crippen LogP contribution in [0, 0.1) is 0 Å². The lowest BCUT2D eigenvalue weighted by atomic mass is 10.2. The van der Waals surface area contributed by atoms with Crippen molar-refractivity contribution in [3.63, 3.8) is 0 Å². The molecule has 152 valence electrons. The Hall–Kier alpha value is -2.51. The van der Waals surface area contributed by atoms with Crippen LogP contribution in [0.3, 0.4) is 0 Å². The largest absolute Gasteiger partial charge is 0.356 e. The first-order valence-corrected chi connectivity index (χ1v) is 10.5. The second kappa shape index (κ2) is 10.3. The van der Waals surface area contributed by atoms with E-state index in [4.69, 9.17) is 0 Å². The van der Waals surface area contributed by atoms with Gasteiger partial charge < -0.3 is 10.2 Å².